The van der Waals surface area contributed by atoms with Gasteiger partial charge in [-0.1, -0.05) is 104 Å². The fourth-order valence-electron chi connectivity index (χ4n) is 3.53. The van der Waals surface area contributed by atoms with Crippen LogP contribution in [0.15, 0.2) is 23.7 Å². The third-order valence-corrected chi connectivity index (χ3v) is 5.36. The van der Waals surface area contributed by atoms with Crippen LogP contribution in [0.3, 0.4) is 0 Å². The van der Waals surface area contributed by atoms with Crippen LogP contribution in [0.1, 0.15) is 129 Å². The van der Waals surface area contributed by atoms with Crippen molar-refractivity contribution < 1.29 is 24.5 Å². The van der Waals surface area contributed by atoms with Gasteiger partial charge in [-0.05, 0) is 12.8 Å². The lowest BCUT2D eigenvalue weighted by atomic mass is 10.0. The van der Waals surface area contributed by atoms with Crippen LogP contribution in [-0.4, -0.2) is 22.2 Å². The van der Waals surface area contributed by atoms with Gasteiger partial charge in [0, 0.05) is 12.8 Å². The number of ether oxygens (including phenoxy) is 1. The predicted octanol–water partition coefficient (Wildman–Crippen LogP) is 8.00. The molecule has 0 aliphatic heterocycles. The number of rotatable bonds is 21. The van der Waals surface area contributed by atoms with E-state index in [1.807, 2.05) is 0 Å². The van der Waals surface area contributed by atoms with Crippen molar-refractivity contribution in [3.8, 4) is 0 Å². The summed E-state index contributed by atoms with van der Waals surface area (Å²) in [6, 6.07) is 0. The van der Waals surface area contributed by atoms with Crippen LogP contribution < -0.4 is 0 Å². The van der Waals surface area contributed by atoms with Crippen LogP contribution in [0.2, 0.25) is 0 Å². The van der Waals surface area contributed by atoms with Crippen LogP contribution in [0.5, 0.6) is 0 Å². The normalized spacial score (nSPS) is 12.2. The molecule has 0 aromatic heterocycles. The van der Waals surface area contributed by atoms with Crippen LogP contribution in [-0.2, 0) is 14.3 Å². The molecule has 2 N–H and O–H groups in total. The number of carboxylic acids is 1. The molecule has 0 aromatic carbocycles. The number of aliphatic hydroxyl groups is 1. The van der Waals surface area contributed by atoms with E-state index in [9.17, 15) is 14.7 Å². The number of aliphatic carboxylic acids is 1. The molecule has 31 heavy (non-hydrogen) atoms. The molecule has 0 atom stereocenters. The number of hydrogen-bond donors (Lipinski definition) is 2. The molecular formula is C26H46O5. The summed E-state index contributed by atoms with van der Waals surface area (Å²) in [4.78, 5) is 22.9. The molecule has 0 fully saturated rings. The number of hydrogen-bond acceptors (Lipinski definition) is 4. The van der Waals surface area contributed by atoms with E-state index in [0.29, 0.717) is 12.8 Å². The molecule has 5 heteroatoms. The first-order valence-corrected chi connectivity index (χ1v) is 12.5. The maximum Gasteiger partial charge on any atom is 0.339 e. The number of esters is 1. The summed E-state index contributed by atoms with van der Waals surface area (Å²) >= 11 is 0. The Labute approximate surface area is 190 Å². The number of carboxylic acid groups (broad SMARTS) is 1. The van der Waals surface area contributed by atoms with Crippen molar-refractivity contribution in [3.63, 3.8) is 0 Å². The summed E-state index contributed by atoms with van der Waals surface area (Å²) in [5, 5.41) is 18.9. The highest BCUT2D eigenvalue weighted by Gasteiger charge is 2.09. The Bertz CT molecular complexity index is 522. The molecule has 0 aliphatic rings. The SMILES string of the molecule is CCCCCCCCCCCCCC(O)=CC(=O)OC(=CC(=O)O)CCCCCCC. The van der Waals surface area contributed by atoms with Crippen LogP contribution in [0, 0.1) is 0 Å². The molecule has 0 rings (SSSR count). The molecule has 5 nitrogen and oxygen atoms in total. The maximum atomic E-state index is 12.0. The average molecular weight is 439 g/mol. The Balaban J connectivity index is 4.00. The van der Waals surface area contributed by atoms with Gasteiger partial charge in [-0.15, -0.1) is 0 Å². The topological polar surface area (TPSA) is 83.8 Å². The van der Waals surface area contributed by atoms with Crippen LogP contribution >= 0.6 is 0 Å². The van der Waals surface area contributed by atoms with Crippen molar-refractivity contribution >= 4 is 11.9 Å². The Morgan fingerprint density at radius 2 is 1.03 bits per heavy atom. The van der Waals surface area contributed by atoms with Crippen molar-refractivity contribution in [2.75, 3.05) is 0 Å². The largest absolute Gasteiger partial charge is 0.512 e. The summed E-state index contributed by atoms with van der Waals surface area (Å²) in [5.41, 5.74) is 0. The Morgan fingerprint density at radius 1 is 0.613 bits per heavy atom. The summed E-state index contributed by atoms with van der Waals surface area (Å²) in [5.74, 6) is -1.70. The summed E-state index contributed by atoms with van der Waals surface area (Å²) in [6.07, 6.45) is 21.5. The van der Waals surface area contributed by atoms with Crippen molar-refractivity contribution in [2.45, 2.75) is 129 Å². The predicted molar refractivity (Wildman–Crippen MR) is 127 cm³/mol. The first-order valence-electron chi connectivity index (χ1n) is 12.5. The highest BCUT2D eigenvalue weighted by Crippen LogP contribution is 2.15. The monoisotopic (exact) mass is 438 g/mol. The molecule has 0 aliphatic carbocycles. The quantitative estimate of drug-likeness (QED) is 0.0820. The molecule has 0 radical (unpaired) electrons. The van der Waals surface area contributed by atoms with Crippen molar-refractivity contribution in [1.82, 2.24) is 0 Å². The molecule has 0 saturated carbocycles. The van der Waals surface area contributed by atoms with E-state index in [1.54, 1.807) is 0 Å². The third-order valence-electron chi connectivity index (χ3n) is 5.36. The highest BCUT2D eigenvalue weighted by atomic mass is 16.5. The van der Waals surface area contributed by atoms with Gasteiger partial charge < -0.3 is 14.9 Å². The molecule has 0 unspecified atom stereocenters. The zero-order chi connectivity index (χ0) is 23.2. The minimum absolute atomic E-state index is 0.00135. The number of carbonyl (C=O) groups is 2. The first kappa shape index (κ1) is 29.2. The van der Waals surface area contributed by atoms with E-state index in [0.717, 1.165) is 63.5 Å². The second-order valence-corrected chi connectivity index (χ2v) is 8.46. The number of unbranched alkanes of at least 4 members (excludes halogenated alkanes) is 14. The lowest BCUT2D eigenvalue weighted by molar-refractivity contribution is -0.134. The van der Waals surface area contributed by atoms with E-state index in [2.05, 4.69) is 13.8 Å². The molecule has 0 bridgehead atoms. The second kappa shape index (κ2) is 21.5. The van der Waals surface area contributed by atoms with Gasteiger partial charge in [0.25, 0.3) is 0 Å². The number of aliphatic hydroxyl groups excluding tert-OH is 1. The molecule has 0 saturated heterocycles. The molecule has 0 heterocycles. The number of allylic oxidation sites excluding steroid dienone is 2. The molecule has 0 amide bonds. The molecule has 180 valence electrons. The van der Waals surface area contributed by atoms with Gasteiger partial charge in [0.1, 0.15) is 5.76 Å². The average Bonchev–Trinajstić information content (AvgIpc) is 2.71. The van der Waals surface area contributed by atoms with Gasteiger partial charge in [-0.3, -0.25) is 0 Å². The van der Waals surface area contributed by atoms with E-state index < -0.39 is 11.9 Å². The van der Waals surface area contributed by atoms with E-state index in [4.69, 9.17) is 9.84 Å². The van der Waals surface area contributed by atoms with E-state index in [1.165, 1.54) is 51.4 Å². The summed E-state index contributed by atoms with van der Waals surface area (Å²) in [6.45, 7) is 4.37. The summed E-state index contributed by atoms with van der Waals surface area (Å²) < 4.78 is 5.15. The second-order valence-electron chi connectivity index (χ2n) is 8.46. The standard InChI is InChI=1S/C26H46O5/c1-3-5-7-9-10-11-12-13-14-16-17-19-23(27)21-26(30)31-24(22-25(28)29)20-18-15-8-6-4-2/h21-22,27H,3-20H2,1-2H3,(H,28,29). The third kappa shape index (κ3) is 21.2. The Hall–Kier alpha value is -1.78. The van der Waals surface area contributed by atoms with Gasteiger partial charge in [-0.2, -0.15) is 0 Å². The lowest BCUT2D eigenvalue weighted by Crippen LogP contribution is -2.05. The van der Waals surface area contributed by atoms with E-state index in [-0.39, 0.29) is 11.5 Å². The first-order chi connectivity index (χ1) is 15.0. The number of carbonyl (C=O) groups excluding carboxylic acids is 1. The van der Waals surface area contributed by atoms with Gasteiger partial charge in [-0.25, -0.2) is 9.59 Å². The molecular weight excluding hydrogens is 392 g/mol. The lowest BCUT2D eigenvalue weighted by Gasteiger charge is -2.07. The smallest absolute Gasteiger partial charge is 0.339 e. The fraction of sp³-hybridized carbons (Fsp3) is 0.769. The molecule has 0 spiro atoms. The minimum atomic E-state index is -1.13. The minimum Gasteiger partial charge on any atom is -0.512 e. The highest BCUT2D eigenvalue weighted by molar-refractivity contribution is 5.85. The van der Waals surface area contributed by atoms with Gasteiger partial charge in [0.2, 0.25) is 0 Å². The van der Waals surface area contributed by atoms with Crippen LogP contribution in [0.4, 0.5) is 0 Å². The van der Waals surface area contributed by atoms with Gasteiger partial charge >= 0.3 is 11.9 Å². The van der Waals surface area contributed by atoms with Gasteiger partial charge in [0.05, 0.1) is 17.9 Å². The van der Waals surface area contributed by atoms with Gasteiger partial charge in [0.15, 0.2) is 0 Å². The molecule has 0 aromatic rings. The zero-order valence-electron chi connectivity index (χ0n) is 20.0. The van der Waals surface area contributed by atoms with Crippen molar-refractivity contribution in [2.24, 2.45) is 0 Å². The Kier molecular flexibility index (Phi) is 20.2. The fourth-order valence-corrected chi connectivity index (χ4v) is 3.53. The van der Waals surface area contributed by atoms with E-state index >= 15 is 0 Å². The maximum absolute atomic E-state index is 12.0. The summed E-state index contributed by atoms with van der Waals surface area (Å²) in [7, 11) is 0. The van der Waals surface area contributed by atoms with Crippen LogP contribution in [0.25, 0.3) is 0 Å². The Morgan fingerprint density at radius 3 is 1.48 bits per heavy atom. The zero-order valence-corrected chi connectivity index (χ0v) is 20.0. The van der Waals surface area contributed by atoms with Crippen molar-refractivity contribution in [3.05, 3.63) is 23.7 Å². The van der Waals surface area contributed by atoms with Crippen molar-refractivity contribution in [1.29, 1.82) is 0 Å².